The zero-order valence-electron chi connectivity index (χ0n) is 18.4. The molecule has 2 aromatic carbocycles. The smallest absolute Gasteiger partial charge is 0.262 e. The Morgan fingerprint density at radius 2 is 1.60 bits per heavy atom. The van der Waals surface area contributed by atoms with E-state index in [4.69, 9.17) is 0 Å². The molecular formula is C23H29N3O2S2. The largest absolute Gasteiger partial charge is 0.276 e. The standard InChI is InChI=1S/C23H29N3O2S2/c1-16-22(17(2)26(6)24-16)25-30(27,28)21-13-7-18(8-14-21)15-29-20-11-9-19(10-12-20)23(3,4)5/h7-14,25H,15H2,1-6H3. The van der Waals surface area contributed by atoms with Gasteiger partial charge in [0.05, 0.1) is 22.0 Å². The van der Waals surface area contributed by atoms with E-state index in [1.807, 2.05) is 19.1 Å². The Hall–Kier alpha value is -2.25. The Balaban J connectivity index is 1.67. The van der Waals surface area contributed by atoms with Gasteiger partial charge < -0.3 is 0 Å². The average molecular weight is 444 g/mol. The number of aryl methyl sites for hydroxylation is 2. The second-order valence-corrected chi connectivity index (χ2v) is 11.2. The third-order valence-corrected chi connectivity index (χ3v) is 7.55. The first-order chi connectivity index (χ1) is 14.0. The van der Waals surface area contributed by atoms with Crippen molar-refractivity contribution in [3.63, 3.8) is 0 Å². The molecule has 0 unspecified atom stereocenters. The fourth-order valence-electron chi connectivity index (χ4n) is 3.10. The molecule has 5 nitrogen and oxygen atoms in total. The molecule has 3 rings (SSSR count). The van der Waals surface area contributed by atoms with Crippen molar-refractivity contribution in [3.05, 3.63) is 71.0 Å². The molecule has 1 aromatic heterocycles. The summed E-state index contributed by atoms with van der Waals surface area (Å²) in [6.07, 6.45) is 0. The molecule has 7 heteroatoms. The molecule has 1 N–H and O–H groups in total. The molecule has 0 spiro atoms. The third-order valence-electron chi connectivity index (χ3n) is 5.10. The van der Waals surface area contributed by atoms with Gasteiger partial charge in [-0.15, -0.1) is 11.8 Å². The molecule has 0 saturated carbocycles. The van der Waals surface area contributed by atoms with Gasteiger partial charge in [0.15, 0.2) is 0 Å². The summed E-state index contributed by atoms with van der Waals surface area (Å²) in [4.78, 5) is 1.44. The minimum atomic E-state index is -3.66. The third kappa shape index (κ3) is 5.08. The highest BCUT2D eigenvalue weighted by atomic mass is 32.2. The Labute approximate surface area is 184 Å². The lowest BCUT2D eigenvalue weighted by Crippen LogP contribution is -2.14. The lowest BCUT2D eigenvalue weighted by molar-refractivity contribution is 0.589. The zero-order valence-corrected chi connectivity index (χ0v) is 20.0. The number of anilines is 1. The van der Waals surface area contributed by atoms with Crippen molar-refractivity contribution < 1.29 is 8.42 Å². The average Bonchev–Trinajstić information content (AvgIpc) is 2.92. The highest BCUT2D eigenvalue weighted by Gasteiger charge is 2.19. The molecule has 0 amide bonds. The molecule has 3 aromatic rings. The highest BCUT2D eigenvalue weighted by Crippen LogP contribution is 2.28. The maximum atomic E-state index is 12.8. The first-order valence-corrected chi connectivity index (χ1v) is 12.3. The first-order valence-electron chi connectivity index (χ1n) is 9.83. The summed E-state index contributed by atoms with van der Waals surface area (Å²) in [5.74, 6) is 0.781. The number of hydrogen-bond acceptors (Lipinski definition) is 4. The van der Waals surface area contributed by atoms with Crippen molar-refractivity contribution in [3.8, 4) is 0 Å². The van der Waals surface area contributed by atoms with E-state index >= 15 is 0 Å². The van der Waals surface area contributed by atoms with Crippen molar-refractivity contribution in [2.45, 2.75) is 55.6 Å². The summed E-state index contributed by atoms with van der Waals surface area (Å²) in [7, 11) is -1.86. The quantitative estimate of drug-likeness (QED) is 0.516. The predicted octanol–water partition coefficient (Wildman–Crippen LogP) is 5.43. The van der Waals surface area contributed by atoms with Crippen molar-refractivity contribution in [1.82, 2.24) is 9.78 Å². The van der Waals surface area contributed by atoms with E-state index < -0.39 is 10.0 Å². The topological polar surface area (TPSA) is 64.0 Å². The van der Waals surface area contributed by atoms with Gasteiger partial charge in [-0.1, -0.05) is 45.0 Å². The summed E-state index contributed by atoms with van der Waals surface area (Å²) in [5, 5.41) is 4.26. The summed E-state index contributed by atoms with van der Waals surface area (Å²) in [5.41, 5.74) is 4.51. The normalized spacial score (nSPS) is 12.2. The van der Waals surface area contributed by atoms with E-state index in [0.717, 1.165) is 17.0 Å². The van der Waals surface area contributed by atoms with Crippen LogP contribution in [0.5, 0.6) is 0 Å². The second kappa shape index (κ2) is 8.47. The fourth-order valence-corrected chi connectivity index (χ4v) is 5.13. The number of hydrogen-bond donors (Lipinski definition) is 1. The number of aromatic nitrogens is 2. The van der Waals surface area contributed by atoms with Crippen molar-refractivity contribution in [2.24, 2.45) is 7.05 Å². The van der Waals surface area contributed by atoms with E-state index in [1.54, 1.807) is 42.5 Å². The number of sulfonamides is 1. The van der Waals surface area contributed by atoms with Crippen LogP contribution in [0.3, 0.4) is 0 Å². The molecule has 0 radical (unpaired) electrons. The number of nitrogens with one attached hydrogen (secondary N) is 1. The number of thioether (sulfide) groups is 1. The molecular weight excluding hydrogens is 414 g/mol. The molecule has 0 aliphatic rings. The van der Waals surface area contributed by atoms with Crippen LogP contribution in [0.4, 0.5) is 5.69 Å². The van der Waals surface area contributed by atoms with Gasteiger partial charge in [-0.25, -0.2) is 8.42 Å². The van der Waals surface area contributed by atoms with Gasteiger partial charge in [0.1, 0.15) is 0 Å². The lowest BCUT2D eigenvalue weighted by Gasteiger charge is -2.19. The van der Waals surface area contributed by atoms with Gasteiger partial charge in [0.2, 0.25) is 0 Å². The van der Waals surface area contributed by atoms with Gasteiger partial charge in [0, 0.05) is 17.7 Å². The van der Waals surface area contributed by atoms with Gasteiger partial charge in [-0.05, 0) is 54.7 Å². The number of rotatable bonds is 6. The number of nitrogens with zero attached hydrogens (tertiary/aromatic N) is 2. The summed E-state index contributed by atoms with van der Waals surface area (Å²) in [6, 6.07) is 15.7. The monoisotopic (exact) mass is 443 g/mol. The van der Waals surface area contributed by atoms with Crippen LogP contribution >= 0.6 is 11.8 Å². The van der Waals surface area contributed by atoms with Crippen LogP contribution in [-0.2, 0) is 28.2 Å². The fraction of sp³-hybridized carbons (Fsp3) is 0.348. The summed E-state index contributed by atoms with van der Waals surface area (Å²) >= 11 is 1.74. The Bertz CT molecular complexity index is 1120. The lowest BCUT2D eigenvalue weighted by atomic mass is 9.87. The van der Waals surface area contributed by atoms with Crippen molar-refractivity contribution in [1.29, 1.82) is 0 Å². The van der Waals surface area contributed by atoms with Crippen LogP contribution in [0.25, 0.3) is 0 Å². The Kier molecular flexibility index (Phi) is 6.34. The SMILES string of the molecule is Cc1nn(C)c(C)c1NS(=O)(=O)c1ccc(CSc2ccc(C(C)(C)C)cc2)cc1. The van der Waals surface area contributed by atoms with E-state index in [-0.39, 0.29) is 10.3 Å². The van der Waals surface area contributed by atoms with Crippen LogP contribution in [0.2, 0.25) is 0 Å². The summed E-state index contributed by atoms with van der Waals surface area (Å²) in [6.45, 7) is 10.2. The minimum Gasteiger partial charge on any atom is -0.276 e. The van der Waals surface area contributed by atoms with E-state index in [2.05, 4.69) is 54.9 Å². The highest BCUT2D eigenvalue weighted by molar-refractivity contribution is 7.98. The van der Waals surface area contributed by atoms with Crippen molar-refractivity contribution in [2.75, 3.05) is 4.72 Å². The van der Waals surface area contributed by atoms with Gasteiger partial charge in [-0.2, -0.15) is 5.10 Å². The first kappa shape index (κ1) is 22.4. The van der Waals surface area contributed by atoms with Crippen LogP contribution < -0.4 is 4.72 Å². The molecule has 0 aliphatic carbocycles. The number of benzene rings is 2. The molecule has 0 atom stereocenters. The van der Waals surface area contributed by atoms with Gasteiger partial charge in [0.25, 0.3) is 10.0 Å². The maximum absolute atomic E-state index is 12.8. The second-order valence-electron chi connectivity index (χ2n) is 8.48. The maximum Gasteiger partial charge on any atom is 0.262 e. The summed E-state index contributed by atoms with van der Waals surface area (Å²) < 4.78 is 29.9. The van der Waals surface area contributed by atoms with E-state index in [9.17, 15) is 8.42 Å². The molecule has 0 saturated heterocycles. The molecule has 0 bridgehead atoms. The van der Waals surface area contributed by atoms with Crippen LogP contribution in [0, 0.1) is 13.8 Å². The zero-order chi connectivity index (χ0) is 22.1. The Morgan fingerprint density at radius 3 is 2.10 bits per heavy atom. The minimum absolute atomic E-state index is 0.144. The molecule has 30 heavy (non-hydrogen) atoms. The van der Waals surface area contributed by atoms with Crippen molar-refractivity contribution >= 4 is 27.5 Å². The van der Waals surface area contributed by atoms with Gasteiger partial charge >= 0.3 is 0 Å². The molecule has 0 aliphatic heterocycles. The van der Waals surface area contributed by atoms with Crippen LogP contribution in [0.15, 0.2) is 58.3 Å². The molecule has 1 heterocycles. The van der Waals surface area contributed by atoms with E-state index in [1.165, 1.54) is 10.5 Å². The molecule has 160 valence electrons. The Morgan fingerprint density at radius 1 is 1.00 bits per heavy atom. The van der Waals surface area contributed by atoms with Crippen LogP contribution in [0.1, 0.15) is 43.3 Å². The van der Waals surface area contributed by atoms with Gasteiger partial charge in [-0.3, -0.25) is 9.40 Å². The van der Waals surface area contributed by atoms with E-state index in [0.29, 0.717) is 11.4 Å². The molecule has 0 fully saturated rings. The predicted molar refractivity (Wildman–Crippen MR) is 125 cm³/mol. The van der Waals surface area contributed by atoms with Crippen LogP contribution in [-0.4, -0.2) is 18.2 Å².